The van der Waals surface area contributed by atoms with Gasteiger partial charge in [-0.2, -0.15) is 23.5 Å². The van der Waals surface area contributed by atoms with Crippen LogP contribution < -0.4 is 59.3 Å². The maximum atomic E-state index is 14.6. The lowest BCUT2D eigenvalue weighted by molar-refractivity contribution is -0.142. The zero-order chi connectivity index (χ0) is 65.8. The zero-order valence-electron chi connectivity index (χ0n) is 51.4. The highest BCUT2D eigenvalue weighted by atomic mass is 32.2. The number of hydrogen-bond donors (Lipinski definition) is 14. The largest absolute Gasteiger partial charge is 0.508 e. The predicted octanol–water partition coefficient (Wildman–Crippen LogP) is 1.05. The Labute approximate surface area is 522 Å². The van der Waals surface area contributed by atoms with Crippen molar-refractivity contribution in [3.05, 3.63) is 95.6 Å². The molecule has 0 unspecified atom stereocenters. The lowest BCUT2D eigenvalue weighted by Crippen LogP contribution is -2.61. The highest BCUT2D eigenvalue weighted by Crippen LogP contribution is 2.17. The standard InChI is InChI=1S/C61H89N11O14S2/c1-10-35(6)51(72-53(77)42(62)29-37-14-12-11-13-15-37)60(84)64-36(7)52(76)67-45(28-33(2)3)55(79)69-48(32-49(63)75)58(82)68-46(30-38-16-20-40(73)21-17-38)56(80)65-43(24-26-87-8)54(78)71-50(34(4)5)59(83)70-47(31-39-18-22-41(74)23-19-39)57(81)66-44(61(85)86)25-27-88-9/h11-23,33-36,42-48,50-51,73-74H,10,24-32,62H2,1-9H3,(H2,63,75)(H,64,84)(H,65,80)(H,66,81)(H,67,76)(H,68,82)(H,69,79)(H,70,83)(H,71,78)(H,72,77)(H,85,86)/t35-,36-,42-,43-,44-,45-,46-,47-,48-,50-,51-/m0/s1. The molecule has 0 aliphatic carbocycles. The molecule has 0 saturated carbocycles. The van der Waals surface area contributed by atoms with Gasteiger partial charge in [-0.05, 0) is 115 Å². The van der Waals surface area contributed by atoms with Gasteiger partial charge in [0.05, 0.1) is 12.5 Å². The second kappa shape index (κ2) is 37.7. The first-order chi connectivity index (χ1) is 41.6. The molecule has 0 spiro atoms. The van der Waals surface area contributed by atoms with Gasteiger partial charge in [0.2, 0.25) is 59.1 Å². The molecule has 0 saturated heterocycles. The summed E-state index contributed by atoms with van der Waals surface area (Å²) in [5, 5.41) is 53.4. The average Bonchev–Trinajstić information content (AvgIpc) is 2.69. The van der Waals surface area contributed by atoms with Gasteiger partial charge in [-0.25, -0.2) is 4.79 Å². The first kappa shape index (κ1) is 74.3. The first-order valence-corrected chi connectivity index (χ1v) is 31.9. The summed E-state index contributed by atoms with van der Waals surface area (Å²) in [6.45, 7) is 11.7. The number of carbonyl (C=O) groups is 11. The average molecular weight is 1260 g/mol. The fraction of sp³-hybridized carbons (Fsp3) is 0.525. The molecule has 27 heteroatoms. The number of benzene rings is 3. The van der Waals surface area contributed by atoms with Crippen molar-refractivity contribution in [2.45, 2.75) is 160 Å². The van der Waals surface area contributed by atoms with Crippen LogP contribution >= 0.6 is 23.5 Å². The van der Waals surface area contributed by atoms with Crippen molar-refractivity contribution in [3.8, 4) is 11.5 Å². The normalized spacial score (nSPS) is 15.0. The van der Waals surface area contributed by atoms with E-state index in [1.165, 1.54) is 79.0 Å². The molecule has 11 atom stereocenters. The molecule has 0 aliphatic heterocycles. The van der Waals surface area contributed by atoms with E-state index in [-0.39, 0.29) is 55.9 Å². The molecular weight excluding hydrogens is 1170 g/mol. The second-order valence-electron chi connectivity index (χ2n) is 22.4. The number of phenolic OH excluding ortho intramolecular Hbond substituents is 2. The Bertz CT molecular complexity index is 2810. The highest BCUT2D eigenvalue weighted by Gasteiger charge is 2.37. The Kier molecular flexibility index (Phi) is 31.9. The van der Waals surface area contributed by atoms with Crippen LogP contribution in [0.2, 0.25) is 0 Å². The number of aromatic hydroxyl groups is 2. The first-order valence-electron chi connectivity index (χ1n) is 29.1. The van der Waals surface area contributed by atoms with Gasteiger partial charge >= 0.3 is 5.97 Å². The third kappa shape index (κ3) is 25.8. The number of nitrogens with two attached hydrogens (primary N) is 2. The van der Waals surface area contributed by atoms with Gasteiger partial charge in [-0.1, -0.05) is 103 Å². The van der Waals surface area contributed by atoms with Crippen LogP contribution in [-0.2, 0) is 72.0 Å². The summed E-state index contributed by atoms with van der Waals surface area (Å²) in [5.41, 5.74) is 13.6. The Hall–Kier alpha value is -7.91. The van der Waals surface area contributed by atoms with Gasteiger partial charge < -0.3 is 74.6 Å². The number of phenols is 2. The number of amides is 10. The van der Waals surface area contributed by atoms with Crippen LogP contribution in [0.5, 0.6) is 11.5 Å². The zero-order valence-corrected chi connectivity index (χ0v) is 53.0. The van der Waals surface area contributed by atoms with Crippen LogP contribution in [0.15, 0.2) is 78.9 Å². The van der Waals surface area contributed by atoms with Crippen molar-refractivity contribution in [2.24, 2.45) is 29.2 Å². The minimum atomic E-state index is -1.75. The van der Waals surface area contributed by atoms with E-state index in [1.54, 1.807) is 47.1 Å². The van der Waals surface area contributed by atoms with Crippen molar-refractivity contribution in [1.29, 1.82) is 0 Å². The van der Waals surface area contributed by atoms with Gasteiger partial charge in [0, 0.05) is 12.8 Å². The minimum absolute atomic E-state index is 0.000133. The van der Waals surface area contributed by atoms with E-state index in [4.69, 9.17) is 11.5 Å². The summed E-state index contributed by atoms with van der Waals surface area (Å²) < 4.78 is 0. The summed E-state index contributed by atoms with van der Waals surface area (Å²) in [6.07, 6.45) is 3.10. The maximum Gasteiger partial charge on any atom is 0.326 e. The lowest BCUT2D eigenvalue weighted by atomic mass is 9.97. The van der Waals surface area contributed by atoms with E-state index >= 15 is 0 Å². The van der Waals surface area contributed by atoms with Crippen LogP contribution in [0, 0.1) is 17.8 Å². The molecule has 0 heterocycles. The molecule has 16 N–H and O–H groups in total. The third-order valence-electron chi connectivity index (χ3n) is 14.3. The molecule has 3 aromatic rings. The Balaban J connectivity index is 1.89. The van der Waals surface area contributed by atoms with Crippen molar-refractivity contribution in [3.63, 3.8) is 0 Å². The Morgan fingerprint density at radius 3 is 1.35 bits per heavy atom. The minimum Gasteiger partial charge on any atom is -0.508 e. The third-order valence-corrected chi connectivity index (χ3v) is 15.6. The maximum absolute atomic E-state index is 14.6. The van der Waals surface area contributed by atoms with Crippen molar-refractivity contribution in [1.82, 2.24) is 47.9 Å². The molecule has 0 aromatic heterocycles. The van der Waals surface area contributed by atoms with E-state index in [0.29, 0.717) is 29.1 Å². The SMILES string of the molecule is CC[C@H](C)[C@H](NC(=O)[C@@H](N)Cc1ccccc1)C(=O)N[C@@H](C)C(=O)N[C@@H](CC(C)C)C(=O)N[C@@H](CC(N)=O)C(=O)N[C@@H](Cc1ccc(O)cc1)C(=O)N[C@@H](CCSC)C(=O)N[C@H](C(=O)N[C@@H](Cc1ccc(O)cc1)C(=O)N[C@@H](CCSC)C(=O)O)C(C)C. The van der Waals surface area contributed by atoms with Crippen LogP contribution in [0.25, 0.3) is 0 Å². The fourth-order valence-corrected chi connectivity index (χ4v) is 9.94. The Morgan fingerprint density at radius 1 is 0.466 bits per heavy atom. The van der Waals surface area contributed by atoms with Gasteiger partial charge in [-0.15, -0.1) is 0 Å². The molecule has 3 rings (SSSR count). The number of nitrogens with one attached hydrogen (secondary N) is 9. The van der Waals surface area contributed by atoms with E-state index in [9.17, 15) is 68.1 Å². The van der Waals surface area contributed by atoms with Gasteiger partial charge in [-0.3, -0.25) is 47.9 Å². The van der Waals surface area contributed by atoms with E-state index < -0.39 is 144 Å². The highest BCUT2D eigenvalue weighted by molar-refractivity contribution is 7.98. The number of rotatable bonds is 38. The smallest absolute Gasteiger partial charge is 0.326 e. The molecule has 484 valence electrons. The predicted molar refractivity (Wildman–Crippen MR) is 336 cm³/mol. The summed E-state index contributed by atoms with van der Waals surface area (Å²) in [4.78, 5) is 151. The van der Waals surface area contributed by atoms with E-state index in [2.05, 4.69) is 47.9 Å². The van der Waals surface area contributed by atoms with Crippen LogP contribution in [0.3, 0.4) is 0 Å². The number of hydrogen-bond acceptors (Lipinski definition) is 16. The van der Waals surface area contributed by atoms with Gasteiger partial charge in [0.1, 0.15) is 65.9 Å². The summed E-state index contributed by atoms with van der Waals surface area (Å²) in [5.74, 6) is -10.5. The fourth-order valence-electron chi connectivity index (χ4n) is 8.99. The number of carboxylic acids is 1. The molecular formula is C61H89N11O14S2. The topological polar surface area (TPSA) is 409 Å². The summed E-state index contributed by atoms with van der Waals surface area (Å²) in [6, 6.07) is 7.17. The molecule has 3 aromatic carbocycles. The van der Waals surface area contributed by atoms with Crippen molar-refractivity contribution < 1.29 is 68.1 Å². The summed E-state index contributed by atoms with van der Waals surface area (Å²) in [7, 11) is 0. The van der Waals surface area contributed by atoms with E-state index in [0.717, 1.165) is 5.56 Å². The van der Waals surface area contributed by atoms with Crippen molar-refractivity contribution >= 4 is 88.6 Å². The van der Waals surface area contributed by atoms with Gasteiger partial charge in [0.15, 0.2) is 0 Å². The molecule has 0 aliphatic rings. The van der Waals surface area contributed by atoms with Crippen molar-refractivity contribution in [2.75, 3.05) is 24.0 Å². The number of thioether (sulfide) groups is 2. The quantitative estimate of drug-likeness (QED) is 0.0381. The number of carbonyl (C=O) groups excluding carboxylic acids is 10. The molecule has 0 bridgehead atoms. The molecule has 0 radical (unpaired) electrons. The number of primary amides is 1. The number of aliphatic carboxylic acids is 1. The molecule has 0 fully saturated rings. The Morgan fingerprint density at radius 2 is 0.875 bits per heavy atom. The molecule has 25 nitrogen and oxygen atoms in total. The molecule has 10 amide bonds. The lowest BCUT2D eigenvalue weighted by Gasteiger charge is -2.29. The van der Waals surface area contributed by atoms with Crippen LogP contribution in [0.4, 0.5) is 0 Å². The van der Waals surface area contributed by atoms with Crippen LogP contribution in [-0.4, -0.2) is 165 Å². The van der Waals surface area contributed by atoms with Gasteiger partial charge in [0.25, 0.3) is 0 Å². The molecule has 88 heavy (non-hydrogen) atoms. The van der Waals surface area contributed by atoms with E-state index in [1.807, 2.05) is 37.3 Å². The second-order valence-corrected chi connectivity index (χ2v) is 24.4. The monoisotopic (exact) mass is 1260 g/mol. The number of carboxylic acid groups (broad SMARTS) is 1. The summed E-state index contributed by atoms with van der Waals surface area (Å²) >= 11 is 2.71. The van der Waals surface area contributed by atoms with Crippen LogP contribution in [0.1, 0.15) is 97.3 Å².